The molecule has 6 heteroatoms. The topological polar surface area (TPSA) is 66.5 Å². The normalized spacial score (nSPS) is 11.3. The lowest BCUT2D eigenvalue weighted by Gasteiger charge is -2.15. The van der Waals surface area contributed by atoms with Crippen molar-refractivity contribution in [3.8, 4) is 0 Å². The third-order valence-corrected chi connectivity index (χ3v) is 4.26. The van der Waals surface area contributed by atoms with Crippen LogP contribution in [0.15, 0.2) is 29.2 Å². The van der Waals surface area contributed by atoms with Gasteiger partial charge in [0.1, 0.15) is 0 Å². The van der Waals surface area contributed by atoms with Crippen LogP contribution in [-0.4, -0.2) is 39.4 Å². The fourth-order valence-electron chi connectivity index (χ4n) is 1.40. The van der Waals surface area contributed by atoms with E-state index in [1.807, 2.05) is 6.92 Å². The molecule has 100 valence electrons. The smallest absolute Gasteiger partial charge is 0.241 e. The highest BCUT2D eigenvalue weighted by Crippen LogP contribution is 2.13. The molecular formula is C12H18N2O3S. The third kappa shape index (κ3) is 3.54. The van der Waals surface area contributed by atoms with Gasteiger partial charge in [-0.2, -0.15) is 0 Å². The van der Waals surface area contributed by atoms with Crippen molar-refractivity contribution in [2.24, 2.45) is 0 Å². The average molecular weight is 270 g/mol. The summed E-state index contributed by atoms with van der Waals surface area (Å²) in [5.74, 6) is -0.255. The standard InChI is InChI=1S/C12H18N2O3S/c1-4-14(3)12(15)9-13-18(16,17)11-8-6-5-7-10(11)2/h5-8,13H,4,9H2,1-3H3. The van der Waals surface area contributed by atoms with E-state index >= 15 is 0 Å². The zero-order valence-electron chi connectivity index (χ0n) is 10.8. The molecule has 0 aromatic heterocycles. The predicted octanol–water partition coefficient (Wildman–Crippen LogP) is 0.752. The molecule has 1 amide bonds. The van der Waals surface area contributed by atoms with Gasteiger partial charge in [-0.15, -0.1) is 0 Å². The second kappa shape index (κ2) is 5.97. The van der Waals surface area contributed by atoms with Crippen LogP contribution < -0.4 is 4.72 Å². The molecule has 5 nitrogen and oxygen atoms in total. The Bertz CT molecular complexity index is 526. The SMILES string of the molecule is CCN(C)C(=O)CNS(=O)(=O)c1ccccc1C. The number of benzene rings is 1. The lowest BCUT2D eigenvalue weighted by Crippen LogP contribution is -2.38. The van der Waals surface area contributed by atoms with Gasteiger partial charge in [-0.3, -0.25) is 4.79 Å². The van der Waals surface area contributed by atoms with Gasteiger partial charge in [-0.25, -0.2) is 13.1 Å². The van der Waals surface area contributed by atoms with E-state index < -0.39 is 10.0 Å². The average Bonchev–Trinajstić information content (AvgIpc) is 2.35. The molecule has 0 atom stereocenters. The molecule has 18 heavy (non-hydrogen) atoms. The number of hydrogen-bond donors (Lipinski definition) is 1. The second-order valence-electron chi connectivity index (χ2n) is 4.00. The van der Waals surface area contributed by atoms with Crippen LogP contribution in [0.25, 0.3) is 0 Å². The maximum atomic E-state index is 12.0. The number of nitrogens with one attached hydrogen (secondary N) is 1. The van der Waals surface area contributed by atoms with E-state index in [0.29, 0.717) is 12.1 Å². The Labute approximate surface area is 108 Å². The van der Waals surface area contributed by atoms with Crippen molar-refractivity contribution in [2.45, 2.75) is 18.7 Å². The summed E-state index contributed by atoms with van der Waals surface area (Å²) in [4.78, 5) is 13.2. The molecular weight excluding hydrogens is 252 g/mol. The Morgan fingerprint density at radius 3 is 2.50 bits per heavy atom. The zero-order valence-corrected chi connectivity index (χ0v) is 11.6. The highest BCUT2D eigenvalue weighted by atomic mass is 32.2. The fraction of sp³-hybridized carbons (Fsp3) is 0.417. The minimum atomic E-state index is -3.63. The van der Waals surface area contributed by atoms with Crippen LogP contribution in [0, 0.1) is 6.92 Å². The van der Waals surface area contributed by atoms with Gasteiger partial charge >= 0.3 is 0 Å². The maximum absolute atomic E-state index is 12.0. The number of carbonyl (C=O) groups excluding carboxylic acids is 1. The van der Waals surface area contributed by atoms with Crippen molar-refractivity contribution in [1.82, 2.24) is 9.62 Å². The van der Waals surface area contributed by atoms with E-state index in [-0.39, 0.29) is 17.3 Å². The summed E-state index contributed by atoms with van der Waals surface area (Å²) in [6, 6.07) is 6.66. The van der Waals surface area contributed by atoms with Crippen molar-refractivity contribution in [2.75, 3.05) is 20.1 Å². The van der Waals surface area contributed by atoms with Crippen molar-refractivity contribution >= 4 is 15.9 Å². The number of aryl methyl sites for hydroxylation is 1. The van der Waals surface area contributed by atoms with Crippen LogP contribution in [0.3, 0.4) is 0 Å². The second-order valence-corrected chi connectivity index (χ2v) is 5.73. The lowest BCUT2D eigenvalue weighted by molar-refractivity contribution is -0.128. The Morgan fingerprint density at radius 1 is 1.33 bits per heavy atom. The molecule has 1 aromatic carbocycles. The quantitative estimate of drug-likeness (QED) is 0.858. The van der Waals surface area contributed by atoms with Crippen molar-refractivity contribution in [3.63, 3.8) is 0 Å². The number of rotatable bonds is 5. The molecule has 0 bridgehead atoms. The molecule has 0 saturated carbocycles. The van der Waals surface area contributed by atoms with Gasteiger partial charge < -0.3 is 4.90 Å². The maximum Gasteiger partial charge on any atom is 0.241 e. The van der Waals surface area contributed by atoms with Crippen LogP contribution in [0.5, 0.6) is 0 Å². The van der Waals surface area contributed by atoms with E-state index in [1.165, 1.54) is 11.0 Å². The molecule has 0 spiro atoms. The van der Waals surface area contributed by atoms with Gasteiger partial charge in [-0.1, -0.05) is 18.2 Å². The summed E-state index contributed by atoms with van der Waals surface area (Å²) in [5.41, 5.74) is 0.654. The molecule has 0 saturated heterocycles. The first-order valence-electron chi connectivity index (χ1n) is 5.67. The van der Waals surface area contributed by atoms with E-state index in [2.05, 4.69) is 4.72 Å². The summed E-state index contributed by atoms with van der Waals surface area (Å²) in [7, 11) is -2.00. The van der Waals surface area contributed by atoms with Crippen LogP contribution in [-0.2, 0) is 14.8 Å². The molecule has 0 aliphatic carbocycles. The van der Waals surface area contributed by atoms with Gasteiger partial charge in [0.15, 0.2) is 0 Å². The minimum Gasteiger partial charge on any atom is -0.345 e. The molecule has 1 N–H and O–H groups in total. The third-order valence-electron chi connectivity index (χ3n) is 2.70. The van der Waals surface area contributed by atoms with Gasteiger partial charge in [0.25, 0.3) is 0 Å². The molecule has 0 aliphatic heterocycles. The van der Waals surface area contributed by atoms with Crippen LogP contribution in [0.2, 0.25) is 0 Å². The van der Waals surface area contributed by atoms with Gasteiger partial charge in [0.05, 0.1) is 11.4 Å². The summed E-state index contributed by atoms with van der Waals surface area (Å²) in [6.45, 7) is 3.87. The van der Waals surface area contributed by atoms with Crippen molar-refractivity contribution < 1.29 is 13.2 Å². The molecule has 1 rings (SSSR count). The number of amides is 1. The monoisotopic (exact) mass is 270 g/mol. The number of nitrogens with zero attached hydrogens (tertiary/aromatic N) is 1. The van der Waals surface area contributed by atoms with E-state index in [0.717, 1.165) is 0 Å². The first-order valence-corrected chi connectivity index (χ1v) is 7.16. The molecule has 0 heterocycles. The van der Waals surface area contributed by atoms with Crippen molar-refractivity contribution in [1.29, 1.82) is 0 Å². The fourth-order valence-corrected chi connectivity index (χ4v) is 2.62. The van der Waals surface area contributed by atoms with Crippen LogP contribution in [0.1, 0.15) is 12.5 Å². The molecule has 0 radical (unpaired) electrons. The molecule has 0 aliphatic rings. The molecule has 0 fully saturated rings. The predicted molar refractivity (Wildman–Crippen MR) is 69.7 cm³/mol. The number of likely N-dealkylation sites (N-methyl/N-ethyl adjacent to an activating group) is 1. The van der Waals surface area contributed by atoms with Crippen molar-refractivity contribution in [3.05, 3.63) is 29.8 Å². The van der Waals surface area contributed by atoms with Gasteiger partial charge in [-0.05, 0) is 25.5 Å². The lowest BCUT2D eigenvalue weighted by atomic mass is 10.2. The van der Waals surface area contributed by atoms with Crippen LogP contribution >= 0.6 is 0 Å². The first kappa shape index (κ1) is 14.7. The highest BCUT2D eigenvalue weighted by Gasteiger charge is 2.18. The van der Waals surface area contributed by atoms with Gasteiger partial charge in [0.2, 0.25) is 15.9 Å². The number of hydrogen-bond acceptors (Lipinski definition) is 3. The first-order chi connectivity index (χ1) is 8.38. The largest absolute Gasteiger partial charge is 0.345 e. The zero-order chi connectivity index (χ0) is 13.8. The summed E-state index contributed by atoms with van der Waals surface area (Å²) >= 11 is 0. The Morgan fingerprint density at radius 2 is 1.94 bits per heavy atom. The minimum absolute atomic E-state index is 0.206. The van der Waals surface area contributed by atoms with E-state index in [9.17, 15) is 13.2 Å². The Hall–Kier alpha value is -1.40. The van der Waals surface area contributed by atoms with Gasteiger partial charge in [0, 0.05) is 13.6 Å². The number of carbonyl (C=O) groups is 1. The van der Waals surface area contributed by atoms with E-state index in [4.69, 9.17) is 0 Å². The Balaban J connectivity index is 2.79. The number of sulfonamides is 1. The summed E-state index contributed by atoms with van der Waals surface area (Å²) in [5, 5.41) is 0. The Kier molecular flexibility index (Phi) is 4.86. The van der Waals surface area contributed by atoms with E-state index in [1.54, 1.807) is 32.2 Å². The molecule has 1 aromatic rings. The summed E-state index contributed by atoms with van der Waals surface area (Å²) < 4.78 is 26.3. The van der Waals surface area contributed by atoms with Crippen LogP contribution in [0.4, 0.5) is 0 Å². The molecule has 0 unspecified atom stereocenters. The summed E-state index contributed by atoms with van der Waals surface area (Å²) in [6.07, 6.45) is 0. The highest BCUT2D eigenvalue weighted by molar-refractivity contribution is 7.89.